The lowest BCUT2D eigenvalue weighted by Gasteiger charge is -2.30. The standard InChI is InChI=1S/C30H44N2O9/c1-17-12-20-15-21(16-23(34)28(20)40-6)32-29(36)22(33)10-8-7-9-11-24(38-4)27(41-30(31)37)19(3)14-18(2)26(35)25(13-17)39-5/h7-8,14,16-17,19,24-27,35H,9-13,15H2,1-6H3,(H2,31,37)(H,32,36)/b8-7-,18-14+/t17-,19-,24+,25+,26-,27+/m1/s1. The van der Waals surface area contributed by atoms with Gasteiger partial charge in [-0.2, -0.15) is 0 Å². The van der Waals surface area contributed by atoms with Crippen LogP contribution in [0.4, 0.5) is 4.79 Å². The van der Waals surface area contributed by atoms with Gasteiger partial charge in [0.25, 0.3) is 5.91 Å². The Labute approximate surface area is 241 Å². The number of ketones is 2. The molecule has 0 saturated carbocycles. The van der Waals surface area contributed by atoms with Crippen molar-refractivity contribution < 1.29 is 43.2 Å². The van der Waals surface area contributed by atoms with Crippen molar-refractivity contribution in [3.05, 3.63) is 46.9 Å². The summed E-state index contributed by atoms with van der Waals surface area (Å²) in [7, 11) is 4.43. The molecule has 4 N–H and O–H groups in total. The molecule has 0 fully saturated rings. The Morgan fingerprint density at radius 1 is 1.07 bits per heavy atom. The van der Waals surface area contributed by atoms with Crippen LogP contribution < -0.4 is 11.1 Å². The molecule has 0 aromatic heterocycles. The van der Waals surface area contributed by atoms with E-state index in [1.165, 1.54) is 27.4 Å². The number of primary amides is 1. The molecule has 1 aliphatic carbocycles. The second-order valence-electron chi connectivity index (χ2n) is 10.7. The van der Waals surface area contributed by atoms with E-state index in [0.717, 1.165) is 0 Å². The van der Waals surface area contributed by atoms with E-state index in [9.17, 15) is 24.3 Å². The minimum Gasteiger partial charge on any atom is -0.493 e. The fourth-order valence-corrected chi connectivity index (χ4v) is 5.35. The van der Waals surface area contributed by atoms with Gasteiger partial charge in [-0.1, -0.05) is 32.1 Å². The summed E-state index contributed by atoms with van der Waals surface area (Å²) in [5.41, 5.74) is 6.99. The number of aliphatic hydroxyl groups is 1. The van der Waals surface area contributed by atoms with Gasteiger partial charge in [0.15, 0.2) is 5.76 Å². The van der Waals surface area contributed by atoms with Crippen LogP contribution in [0.3, 0.4) is 0 Å². The number of hydrogen-bond donors (Lipinski definition) is 3. The highest BCUT2D eigenvalue weighted by atomic mass is 16.6. The van der Waals surface area contributed by atoms with Gasteiger partial charge < -0.3 is 35.1 Å². The van der Waals surface area contributed by atoms with Crippen LogP contribution in [0.5, 0.6) is 0 Å². The first-order chi connectivity index (χ1) is 19.4. The number of aliphatic hydroxyl groups excluding tert-OH is 1. The van der Waals surface area contributed by atoms with Crippen molar-refractivity contribution in [2.45, 2.75) is 83.7 Å². The molecule has 11 heteroatoms. The van der Waals surface area contributed by atoms with E-state index in [-0.39, 0.29) is 30.4 Å². The molecule has 1 aliphatic heterocycles. The topological polar surface area (TPSA) is 163 Å². The molecule has 1 heterocycles. The Kier molecular flexibility index (Phi) is 13.4. The molecule has 0 spiro atoms. The first kappa shape index (κ1) is 33.9. The minimum absolute atomic E-state index is 0.0486. The Hall–Kier alpha value is -3.28. The van der Waals surface area contributed by atoms with Crippen molar-refractivity contribution >= 4 is 23.6 Å². The molecular formula is C30H44N2O9. The molecule has 0 unspecified atom stereocenters. The third-order valence-electron chi connectivity index (χ3n) is 7.39. The number of nitrogens with two attached hydrogens (primary N) is 1. The van der Waals surface area contributed by atoms with E-state index in [1.54, 1.807) is 19.1 Å². The molecule has 0 aromatic carbocycles. The molecule has 2 bridgehead atoms. The molecule has 11 nitrogen and oxygen atoms in total. The van der Waals surface area contributed by atoms with Gasteiger partial charge in [0, 0.05) is 44.8 Å². The molecule has 228 valence electrons. The van der Waals surface area contributed by atoms with Gasteiger partial charge in [-0.05, 0) is 49.7 Å². The number of nitrogens with one attached hydrogen (secondary N) is 1. The molecule has 0 aromatic rings. The molecule has 41 heavy (non-hydrogen) atoms. The summed E-state index contributed by atoms with van der Waals surface area (Å²) in [5, 5.41) is 13.8. The van der Waals surface area contributed by atoms with Crippen LogP contribution >= 0.6 is 0 Å². The van der Waals surface area contributed by atoms with Crippen LogP contribution in [0.15, 0.2) is 46.9 Å². The molecule has 0 radical (unpaired) electrons. The largest absolute Gasteiger partial charge is 0.493 e. The smallest absolute Gasteiger partial charge is 0.404 e. The predicted octanol–water partition coefficient (Wildman–Crippen LogP) is 3.02. The zero-order valence-electron chi connectivity index (χ0n) is 24.8. The van der Waals surface area contributed by atoms with Gasteiger partial charge >= 0.3 is 6.09 Å². The molecule has 2 aliphatic rings. The summed E-state index contributed by atoms with van der Waals surface area (Å²) in [6.45, 7) is 5.58. The summed E-state index contributed by atoms with van der Waals surface area (Å²) in [4.78, 5) is 49.5. The maximum Gasteiger partial charge on any atom is 0.404 e. The van der Waals surface area contributed by atoms with Crippen molar-refractivity contribution in [2.24, 2.45) is 17.6 Å². The Balaban J connectivity index is 2.43. The molecule has 6 atom stereocenters. The van der Waals surface area contributed by atoms with Gasteiger partial charge in [0.05, 0.1) is 19.3 Å². The number of rotatable bonds is 4. The molecule has 0 saturated heterocycles. The summed E-state index contributed by atoms with van der Waals surface area (Å²) in [5.74, 6) is -2.06. The fraction of sp³-hybridized carbons (Fsp3) is 0.600. The predicted molar refractivity (Wildman–Crippen MR) is 151 cm³/mol. The molecule has 2 amide bonds. The second kappa shape index (κ2) is 16.2. The third kappa shape index (κ3) is 9.94. The number of fused-ring (bicyclic) bond motifs is 2. The lowest BCUT2D eigenvalue weighted by atomic mass is 9.86. The Morgan fingerprint density at radius 3 is 2.37 bits per heavy atom. The average Bonchev–Trinajstić information content (AvgIpc) is 2.91. The summed E-state index contributed by atoms with van der Waals surface area (Å²) in [6, 6.07) is 0. The number of ether oxygens (including phenoxy) is 4. The van der Waals surface area contributed by atoms with Crippen molar-refractivity contribution in [3.8, 4) is 0 Å². The average molecular weight is 577 g/mol. The first-order valence-corrected chi connectivity index (χ1v) is 13.8. The quantitative estimate of drug-likeness (QED) is 0.337. The fourth-order valence-electron chi connectivity index (χ4n) is 5.35. The number of Topliss-reactive ketones (excluding diaryl/α,β-unsaturated/α-hetero) is 1. The van der Waals surface area contributed by atoms with E-state index >= 15 is 0 Å². The monoisotopic (exact) mass is 576 g/mol. The highest BCUT2D eigenvalue weighted by molar-refractivity contribution is 6.37. The van der Waals surface area contributed by atoms with E-state index in [2.05, 4.69) is 5.32 Å². The van der Waals surface area contributed by atoms with Crippen LogP contribution in [-0.4, -0.2) is 74.4 Å². The number of allylic oxidation sites excluding steroid dienone is 4. The van der Waals surface area contributed by atoms with Crippen LogP contribution in [0.2, 0.25) is 0 Å². The maximum absolute atomic E-state index is 12.7. The van der Waals surface area contributed by atoms with Gasteiger partial charge in [-0.3, -0.25) is 14.4 Å². The van der Waals surface area contributed by atoms with Crippen molar-refractivity contribution in [3.63, 3.8) is 0 Å². The van der Waals surface area contributed by atoms with Crippen LogP contribution in [0.25, 0.3) is 0 Å². The molecule has 2 rings (SSSR count). The molecular weight excluding hydrogens is 532 g/mol. The SMILES string of the molecule is COC1=C2CC(=CC1=O)NC(=O)C(=O)C/C=C\CC[C@H](OC)[C@@H](OC(N)=O)[C@H](C)/C=C(\C)[C@@H](O)[C@@H](OC)C[C@H](C)C2. The number of carbonyl (C=O) groups excluding carboxylic acids is 4. The number of methoxy groups -OCH3 is 3. The lowest BCUT2D eigenvalue weighted by molar-refractivity contribution is -0.137. The summed E-state index contributed by atoms with van der Waals surface area (Å²) < 4.78 is 22.1. The Bertz CT molecular complexity index is 1090. The lowest BCUT2D eigenvalue weighted by Crippen LogP contribution is -2.39. The normalized spacial score (nSPS) is 31.6. The minimum atomic E-state index is -0.957. The van der Waals surface area contributed by atoms with Crippen LogP contribution in [0, 0.1) is 11.8 Å². The third-order valence-corrected chi connectivity index (χ3v) is 7.39. The van der Waals surface area contributed by atoms with Crippen molar-refractivity contribution in [1.29, 1.82) is 0 Å². The van der Waals surface area contributed by atoms with Gasteiger partial charge in [-0.15, -0.1) is 0 Å². The van der Waals surface area contributed by atoms with Gasteiger partial charge in [0.1, 0.15) is 12.2 Å². The van der Waals surface area contributed by atoms with Crippen LogP contribution in [0.1, 0.15) is 59.3 Å². The highest BCUT2D eigenvalue weighted by Crippen LogP contribution is 2.31. The van der Waals surface area contributed by atoms with Crippen molar-refractivity contribution in [2.75, 3.05) is 21.3 Å². The van der Waals surface area contributed by atoms with E-state index in [4.69, 9.17) is 24.7 Å². The number of hydrogen-bond acceptors (Lipinski definition) is 9. The van der Waals surface area contributed by atoms with Crippen LogP contribution in [-0.2, 0) is 33.3 Å². The van der Waals surface area contributed by atoms with Crippen molar-refractivity contribution in [1.82, 2.24) is 5.32 Å². The van der Waals surface area contributed by atoms with E-state index < -0.39 is 48.0 Å². The van der Waals surface area contributed by atoms with Gasteiger partial charge in [0.2, 0.25) is 11.6 Å². The van der Waals surface area contributed by atoms with Gasteiger partial charge in [-0.25, -0.2) is 4.79 Å². The summed E-state index contributed by atoms with van der Waals surface area (Å²) >= 11 is 0. The Morgan fingerprint density at radius 2 is 1.76 bits per heavy atom. The second-order valence-corrected chi connectivity index (χ2v) is 10.7. The van der Waals surface area contributed by atoms with E-state index in [0.29, 0.717) is 42.5 Å². The number of carbonyl (C=O) groups is 4. The van der Waals surface area contributed by atoms with E-state index in [1.807, 2.05) is 19.9 Å². The zero-order valence-corrected chi connectivity index (χ0v) is 24.8. The zero-order chi connectivity index (χ0) is 30.7. The first-order valence-electron chi connectivity index (χ1n) is 13.8. The highest BCUT2D eigenvalue weighted by Gasteiger charge is 2.31. The summed E-state index contributed by atoms with van der Waals surface area (Å²) in [6.07, 6.45) is 4.61. The number of amides is 2. The maximum atomic E-state index is 12.7.